The van der Waals surface area contributed by atoms with E-state index in [4.69, 9.17) is 9.15 Å². The Balaban J connectivity index is 2.25. The monoisotopic (exact) mass is 205 g/mol. The van der Waals surface area contributed by atoms with Gasteiger partial charge in [0.25, 0.3) is 0 Å². The average molecular weight is 205 g/mol. The van der Waals surface area contributed by atoms with Crippen LogP contribution in [0.4, 0.5) is 0 Å². The van der Waals surface area contributed by atoms with Gasteiger partial charge in [0.15, 0.2) is 5.58 Å². The molecule has 0 fully saturated rings. The summed E-state index contributed by atoms with van der Waals surface area (Å²) in [6.07, 6.45) is 0.853. The number of hydrogen-bond acceptors (Lipinski definition) is 3. The molecule has 4 heteroatoms. The Hall–Kier alpha value is -1.71. The summed E-state index contributed by atoms with van der Waals surface area (Å²) in [5.74, 6) is 0.392. The summed E-state index contributed by atoms with van der Waals surface area (Å²) in [7, 11) is 0. The standard InChI is InChI=1S/C11H11NO3/c1-11(2)5-6-3-7-9(4-8(6)15-11)14-10(13)12-7/h3-4H,5H2,1-2H3,(H,12,13). The Labute approximate surface area is 85.9 Å². The van der Waals surface area contributed by atoms with Crippen LogP contribution >= 0.6 is 0 Å². The Kier molecular flexibility index (Phi) is 1.40. The number of oxazole rings is 1. The molecule has 0 radical (unpaired) electrons. The van der Waals surface area contributed by atoms with Gasteiger partial charge in [0.1, 0.15) is 11.4 Å². The molecular weight excluding hydrogens is 194 g/mol. The van der Waals surface area contributed by atoms with Crippen molar-refractivity contribution >= 4 is 11.1 Å². The van der Waals surface area contributed by atoms with Crippen LogP contribution in [0.1, 0.15) is 19.4 Å². The average Bonchev–Trinajstić information content (AvgIpc) is 2.55. The summed E-state index contributed by atoms with van der Waals surface area (Å²) in [5.41, 5.74) is 2.24. The summed E-state index contributed by atoms with van der Waals surface area (Å²) in [6, 6.07) is 3.70. The predicted molar refractivity (Wildman–Crippen MR) is 55.2 cm³/mol. The molecule has 1 N–H and O–H groups in total. The highest BCUT2D eigenvalue weighted by molar-refractivity contribution is 5.76. The van der Waals surface area contributed by atoms with Crippen molar-refractivity contribution in [2.75, 3.05) is 0 Å². The molecule has 0 unspecified atom stereocenters. The maximum atomic E-state index is 11.0. The topological polar surface area (TPSA) is 55.2 Å². The van der Waals surface area contributed by atoms with Gasteiger partial charge in [0, 0.05) is 18.1 Å². The number of ether oxygens (including phenoxy) is 1. The van der Waals surface area contributed by atoms with Crippen LogP contribution in [0.2, 0.25) is 0 Å². The van der Waals surface area contributed by atoms with Crippen LogP contribution in [0.15, 0.2) is 21.3 Å². The first-order chi connectivity index (χ1) is 7.03. The number of rotatable bonds is 0. The maximum absolute atomic E-state index is 11.0. The van der Waals surface area contributed by atoms with Crippen molar-refractivity contribution in [1.29, 1.82) is 0 Å². The molecule has 0 atom stereocenters. The van der Waals surface area contributed by atoms with Gasteiger partial charge in [-0.3, -0.25) is 4.98 Å². The molecule has 0 amide bonds. The molecule has 2 aromatic rings. The van der Waals surface area contributed by atoms with Crippen LogP contribution in [0.5, 0.6) is 5.75 Å². The van der Waals surface area contributed by atoms with E-state index in [2.05, 4.69) is 4.98 Å². The van der Waals surface area contributed by atoms with Gasteiger partial charge in [-0.1, -0.05) is 0 Å². The third kappa shape index (κ3) is 1.25. The quantitative estimate of drug-likeness (QED) is 0.713. The van der Waals surface area contributed by atoms with Crippen LogP contribution < -0.4 is 10.5 Å². The van der Waals surface area contributed by atoms with Gasteiger partial charge in [-0.2, -0.15) is 0 Å². The minimum Gasteiger partial charge on any atom is -0.487 e. The van der Waals surface area contributed by atoms with E-state index in [-0.39, 0.29) is 5.60 Å². The van der Waals surface area contributed by atoms with Crippen molar-refractivity contribution in [1.82, 2.24) is 4.98 Å². The largest absolute Gasteiger partial charge is 0.487 e. The van der Waals surface area contributed by atoms with Crippen LogP contribution in [-0.2, 0) is 6.42 Å². The maximum Gasteiger partial charge on any atom is 0.417 e. The predicted octanol–water partition coefficient (Wildman–Crippen LogP) is 1.83. The number of benzene rings is 1. The third-order valence-corrected chi connectivity index (χ3v) is 2.60. The van der Waals surface area contributed by atoms with E-state index in [0.29, 0.717) is 5.58 Å². The summed E-state index contributed by atoms with van der Waals surface area (Å²) in [5, 5.41) is 0. The van der Waals surface area contributed by atoms with Crippen molar-refractivity contribution in [2.24, 2.45) is 0 Å². The van der Waals surface area contributed by atoms with E-state index in [1.54, 1.807) is 6.07 Å². The Bertz CT molecular complexity index is 543. The number of aromatic nitrogens is 1. The van der Waals surface area contributed by atoms with Crippen molar-refractivity contribution < 1.29 is 9.15 Å². The smallest absolute Gasteiger partial charge is 0.417 e. The Morgan fingerprint density at radius 1 is 1.40 bits per heavy atom. The number of nitrogens with one attached hydrogen (secondary N) is 1. The fourth-order valence-corrected chi connectivity index (χ4v) is 2.05. The molecule has 78 valence electrons. The van der Waals surface area contributed by atoms with Crippen LogP contribution in [0.3, 0.4) is 0 Å². The van der Waals surface area contributed by atoms with Gasteiger partial charge < -0.3 is 9.15 Å². The lowest BCUT2D eigenvalue weighted by Crippen LogP contribution is -2.24. The second kappa shape index (κ2) is 2.45. The van der Waals surface area contributed by atoms with E-state index in [1.165, 1.54) is 0 Å². The van der Waals surface area contributed by atoms with Gasteiger partial charge in [-0.15, -0.1) is 0 Å². The molecule has 15 heavy (non-hydrogen) atoms. The van der Waals surface area contributed by atoms with E-state index in [1.807, 2.05) is 19.9 Å². The first-order valence-electron chi connectivity index (χ1n) is 4.88. The zero-order chi connectivity index (χ0) is 10.6. The minimum atomic E-state index is -0.423. The SMILES string of the molecule is CC1(C)Cc2cc3[nH]c(=O)oc3cc2O1. The van der Waals surface area contributed by atoms with Gasteiger partial charge in [0.2, 0.25) is 0 Å². The molecule has 0 saturated carbocycles. The molecule has 1 aliphatic rings. The normalized spacial score (nSPS) is 17.7. The first-order valence-corrected chi connectivity index (χ1v) is 4.88. The fourth-order valence-electron chi connectivity index (χ4n) is 2.05. The summed E-state index contributed by atoms with van der Waals surface area (Å²) in [4.78, 5) is 13.6. The van der Waals surface area contributed by atoms with Gasteiger partial charge in [-0.25, -0.2) is 4.79 Å². The Morgan fingerprint density at radius 2 is 2.20 bits per heavy atom. The molecule has 0 saturated heterocycles. The van der Waals surface area contributed by atoms with Crippen molar-refractivity contribution in [2.45, 2.75) is 25.9 Å². The van der Waals surface area contributed by atoms with Crippen LogP contribution in [0, 0.1) is 0 Å². The second-order valence-corrected chi connectivity index (χ2v) is 4.51. The number of aromatic amines is 1. The Morgan fingerprint density at radius 3 is 3.00 bits per heavy atom. The lowest BCUT2D eigenvalue weighted by atomic mass is 10.0. The highest BCUT2D eigenvalue weighted by Crippen LogP contribution is 2.36. The minimum absolute atomic E-state index is 0.165. The second-order valence-electron chi connectivity index (χ2n) is 4.51. The molecule has 1 aliphatic heterocycles. The van der Waals surface area contributed by atoms with Crippen LogP contribution in [0.25, 0.3) is 11.1 Å². The van der Waals surface area contributed by atoms with Gasteiger partial charge >= 0.3 is 5.76 Å². The number of hydrogen-bond donors (Lipinski definition) is 1. The number of fused-ring (bicyclic) bond motifs is 2. The first kappa shape index (κ1) is 8.59. The molecule has 4 nitrogen and oxygen atoms in total. The third-order valence-electron chi connectivity index (χ3n) is 2.60. The summed E-state index contributed by atoms with van der Waals surface area (Å²) in [6.45, 7) is 4.08. The molecule has 0 spiro atoms. The summed E-state index contributed by atoms with van der Waals surface area (Å²) < 4.78 is 10.7. The zero-order valence-corrected chi connectivity index (χ0v) is 8.59. The lowest BCUT2D eigenvalue weighted by molar-refractivity contribution is 0.138. The van der Waals surface area contributed by atoms with Gasteiger partial charge in [0.05, 0.1) is 5.52 Å². The molecule has 3 rings (SSSR count). The highest BCUT2D eigenvalue weighted by atomic mass is 16.5. The zero-order valence-electron chi connectivity index (χ0n) is 8.59. The van der Waals surface area contributed by atoms with Crippen LogP contribution in [-0.4, -0.2) is 10.6 Å². The highest BCUT2D eigenvalue weighted by Gasteiger charge is 2.30. The molecular formula is C11H11NO3. The van der Waals surface area contributed by atoms with E-state index in [0.717, 1.165) is 23.3 Å². The van der Waals surface area contributed by atoms with Gasteiger partial charge in [-0.05, 0) is 19.9 Å². The van der Waals surface area contributed by atoms with Crippen molar-refractivity contribution in [3.05, 3.63) is 28.2 Å². The summed E-state index contributed by atoms with van der Waals surface area (Å²) >= 11 is 0. The molecule has 0 bridgehead atoms. The lowest BCUT2D eigenvalue weighted by Gasteiger charge is -2.16. The molecule has 2 heterocycles. The molecule has 1 aromatic heterocycles. The van der Waals surface area contributed by atoms with Crippen molar-refractivity contribution in [3.63, 3.8) is 0 Å². The van der Waals surface area contributed by atoms with Crippen molar-refractivity contribution in [3.8, 4) is 5.75 Å². The van der Waals surface area contributed by atoms with E-state index in [9.17, 15) is 4.79 Å². The van der Waals surface area contributed by atoms with E-state index < -0.39 is 5.76 Å². The molecule has 0 aliphatic carbocycles. The van der Waals surface area contributed by atoms with E-state index >= 15 is 0 Å². The molecule has 1 aromatic carbocycles. The number of H-pyrrole nitrogens is 1. The fraction of sp³-hybridized carbons (Fsp3) is 0.364.